The minimum atomic E-state index is 0.447. The fraction of sp³-hybridized carbons (Fsp3) is 0.571. The maximum atomic E-state index is 5.47. The first-order valence-corrected chi connectivity index (χ1v) is 7.01. The summed E-state index contributed by atoms with van der Waals surface area (Å²) >= 11 is 3.68. The second-order valence-corrected chi connectivity index (χ2v) is 5.88. The van der Waals surface area contributed by atoms with E-state index < -0.39 is 0 Å². The molecule has 1 aromatic rings. The molecule has 17 heavy (non-hydrogen) atoms. The number of nitrogens with one attached hydrogen (secondary N) is 1. The van der Waals surface area contributed by atoms with Gasteiger partial charge >= 0.3 is 0 Å². The highest BCUT2D eigenvalue weighted by molar-refractivity contribution is 9.10. The van der Waals surface area contributed by atoms with Crippen molar-refractivity contribution in [3.63, 3.8) is 0 Å². The molecule has 1 aromatic carbocycles. The molecule has 1 atom stereocenters. The van der Waals surface area contributed by atoms with Crippen LogP contribution in [0.4, 0.5) is 0 Å². The Kier molecular flexibility index (Phi) is 4.10. The first kappa shape index (κ1) is 12.9. The van der Waals surface area contributed by atoms with E-state index >= 15 is 0 Å². The van der Waals surface area contributed by atoms with Crippen molar-refractivity contribution in [2.24, 2.45) is 5.92 Å². The summed E-state index contributed by atoms with van der Waals surface area (Å²) in [6.45, 7) is 5.57. The Hall–Kier alpha value is -0.540. The molecule has 1 N–H and O–H groups in total. The van der Waals surface area contributed by atoms with E-state index in [-0.39, 0.29) is 0 Å². The first-order chi connectivity index (χ1) is 8.13. The second kappa shape index (κ2) is 5.40. The molecule has 1 heterocycles. The highest BCUT2D eigenvalue weighted by Gasteiger charge is 2.25. The van der Waals surface area contributed by atoms with Crippen LogP contribution in [0.1, 0.15) is 37.4 Å². The van der Waals surface area contributed by atoms with Gasteiger partial charge in [-0.1, -0.05) is 29.8 Å². The summed E-state index contributed by atoms with van der Waals surface area (Å²) in [5.41, 5.74) is 2.76. The number of hydrogen-bond acceptors (Lipinski definition) is 2. The lowest BCUT2D eigenvalue weighted by molar-refractivity contribution is 0.384. The van der Waals surface area contributed by atoms with Gasteiger partial charge in [0.2, 0.25) is 0 Å². The third-order valence-electron chi connectivity index (χ3n) is 3.30. The molecule has 2 nitrogen and oxygen atoms in total. The third-order valence-corrected chi connectivity index (χ3v) is 3.99. The molecule has 0 aliphatic carbocycles. The van der Waals surface area contributed by atoms with E-state index in [1.807, 2.05) is 0 Å². The van der Waals surface area contributed by atoms with Crippen molar-refractivity contribution in [3.05, 3.63) is 27.7 Å². The SMILES string of the molecule is COc1ccc(Br)c2c1CCNC2CC(C)C. The van der Waals surface area contributed by atoms with Crippen LogP contribution in [0.5, 0.6) is 5.75 Å². The van der Waals surface area contributed by atoms with Gasteiger partial charge in [-0.05, 0) is 43.0 Å². The molecule has 0 saturated carbocycles. The maximum Gasteiger partial charge on any atom is 0.122 e. The Labute approximate surface area is 112 Å². The van der Waals surface area contributed by atoms with Gasteiger partial charge < -0.3 is 10.1 Å². The molecule has 0 aromatic heterocycles. The zero-order valence-corrected chi connectivity index (χ0v) is 12.3. The summed E-state index contributed by atoms with van der Waals surface area (Å²) in [5.74, 6) is 1.72. The predicted molar refractivity (Wildman–Crippen MR) is 74.6 cm³/mol. The maximum absolute atomic E-state index is 5.47. The molecule has 0 saturated heterocycles. The van der Waals surface area contributed by atoms with Gasteiger partial charge in [0.05, 0.1) is 7.11 Å². The molecule has 1 aliphatic rings. The Morgan fingerprint density at radius 1 is 1.47 bits per heavy atom. The fourth-order valence-electron chi connectivity index (χ4n) is 2.59. The van der Waals surface area contributed by atoms with Crippen LogP contribution < -0.4 is 10.1 Å². The average Bonchev–Trinajstić information content (AvgIpc) is 2.29. The van der Waals surface area contributed by atoms with E-state index in [0.29, 0.717) is 12.0 Å². The molecule has 94 valence electrons. The van der Waals surface area contributed by atoms with Crippen LogP contribution in [-0.4, -0.2) is 13.7 Å². The predicted octanol–water partition coefficient (Wildman–Crippen LogP) is 3.69. The van der Waals surface area contributed by atoms with Gasteiger partial charge in [-0.25, -0.2) is 0 Å². The number of halogens is 1. The van der Waals surface area contributed by atoms with Crippen LogP contribution in [0, 0.1) is 5.92 Å². The number of benzene rings is 1. The van der Waals surface area contributed by atoms with Crippen LogP contribution in [0.3, 0.4) is 0 Å². The van der Waals surface area contributed by atoms with Crippen molar-refractivity contribution in [1.82, 2.24) is 5.32 Å². The average molecular weight is 298 g/mol. The Morgan fingerprint density at radius 3 is 2.88 bits per heavy atom. The van der Waals surface area contributed by atoms with E-state index in [1.54, 1.807) is 7.11 Å². The molecular formula is C14H20BrNO. The zero-order valence-electron chi connectivity index (χ0n) is 10.7. The molecule has 1 aliphatic heterocycles. The highest BCUT2D eigenvalue weighted by atomic mass is 79.9. The van der Waals surface area contributed by atoms with Gasteiger partial charge in [0, 0.05) is 16.1 Å². The topological polar surface area (TPSA) is 21.3 Å². The number of rotatable bonds is 3. The van der Waals surface area contributed by atoms with Crippen LogP contribution in [0.15, 0.2) is 16.6 Å². The van der Waals surface area contributed by atoms with Gasteiger partial charge in [0.25, 0.3) is 0 Å². The molecule has 2 rings (SSSR count). The molecule has 1 unspecified atom stereocenters. The summed E-state index contributed by atoms with van der Waals surface area (Å²) < 4.78 is 6.67. The minimum Gasteiger partial charge on any atom is -0.496 e. The van der Waals surface area contributed by atoms with E-state index in [9.17, 15) is 0 Å². The van der Waals surface area contributed by atoms with E-state index in [1.165, 1.54) is 22.0 Å². The summed E-state index contributed by atoms with van der Waals surface area (Å²) in [7, 11) is 1.75. The summed E-state index contributed by atoms with van der Waals surface area (Å²) in [5, 5.41) is 3.61. The van der Waals surface area contributed by atoms with E-state index in [0.717, 1.165) is 18.7 Å². The molecule has 3 heteroatoms. The van der Waals surface area contributed by atoms with Crippen LogP contribution in [0.2, 0.25) is 0 Å². The van der Waals surface area contributed by atoms with Gasteiger partial charge in [-0.3, -0.25) is 0 Å². The lowest BCUT2D eigenvalue weighted by Crippen LogP contribution is -2.31. The van der Waals surface area contributed by atoms with Crippen molar-refractivity contribution >= 4 is 15.9 Å². The Balaban J connectivity index is 2.42. The smallest absolute Gasteiger partial charge is 0.122 e. The lowest BCUT2D eigenvalue weighted by atomic mass is 9.89. The monoisotopic (exact) mass is 297 g/mol. The molecular weight excluding hydrogens is 278 g/mol. The normalized spacial score (nSPS) is 19.2. The van der Waals surface area contributed by atoms with E-state index in [4.69, 9.17) is 4.74 Å². The highest BCUT2D eigenvalue weighted by Crippen LogP contribution is 2.38. The van der Waals surface area contributed by atoms with Crippen molar-refractivity contribution in [3.8, 4) is 5.75 Å². The summed E-state index contributed by atoms with van der Waals surface area (Å²) in [6.07, 6.45) is 2.21. The van der Waals surface area contributed by atoms with Crippen LogP contribution in [-0.2, 0) is 6.42 Å². The van der Waals surface area contributed by atoms with Crippen LogP contribution in [0.25, 0.3) is 0 Å². The standard InChI is InChI=1S/C14H20BrNO/c1-9(2)8-12-14-10(6-7-16-12)13(17-3)5-4-11(14)15/h4-5,9,12,16H,6-8H2,1-3H3. The van der Waals surface area contributed by atoms with E-state index in [2.05, 4.69) is 47.2 Å². The van der Waals surface area contributed by atoms with Gasteiger partial charge in [0.1, 0.15) is 5.75 Å². The third kappa shape index (κ3) is 2.66. The largest absolute Gasteiger partial charge is 0.496 e. The number of hydrogen-bond donors (Lipinski definition) is 1. The molecule has 0 fully saturated rings. The van der Waals surface area contributed by atoms with Gasteiger partial charge in [-0.2, -0.15) is 0 Å². The lowest BCUT2D eigenvalue weighted by Gasteiger charge is -2.30. The van der Waals surface area contributed by atoms with Crippen molar-refractivity contribution in [2.45, 2.75) is 32.7 Å². The first-order valence-electron chi connectivity index (χ1n) is 6.22. The zero-order chi connectivity index (χ0) is 12.4. The minimum absolute atomic E-state index is 0.447. The quantitative estimate of drug-likeness (QED) is 0.919. The number of fused-ring (bicyclic) bond motifs is 1. The molecule has 0 bridgehead atoms. The van der Waals surface area contributed by atoms with Crippen LogP contribution >= 0.6 is 15.9 Å². The Morgan fingerprint density at radius 2 is 2.24 bits per heavy atom. The fourth-order valence-corrected chi connectivity index (χ4v) is 3.24. The summed E-state index contributed by atoms with van der Waals surface area (Å²) in [6, 6.07) is 4.60. The Bertz CT molecular complexity index is 403. The summed E-state index contributed by atoms with van der Waals surface area (Å²) in [4.78, 5) is 0. The number of ether oxygens (including phenoxy) is 1. The number of methoxy groups -OCH3 is 1. The van der Waals surface area contributed by atoms with Gasteiger partial charge in [0.15, 0.2) is 0 Å². The molecule has 0 amide bonds. The van der Waals surface area contributed by atoms with Gasteiger partial charge in [-0.15, -0.1) is 0 Å². The second-order valence-electron chi connectivity index (χ2n) is 5.03. The van der Waals surface area contributed by atoms with Crippen molar-refractivity contribution in [1.29, 1.82) is 0 Å². The molecule has 0 radical (unpaired) electrons. The molecule has 0 spiro atoms. The van der Waals surface area contributed by atoms with Crippen molar-refractivity contribution in [2.75, 3.05) is 13.7 Å². The van der Waals surface area contributed by atoms with Crippen molar-refractivity contribution < 1.29 is 4.74 Å².